The Morgan fingerprint density at radius 1 is 1.36 bits per heavy atom. The Kier molecular flexibility index (Phi) is 2.53. The largest absolute Gasteiger partial charge is 0.493 e. The van der Waals surface area contributed by atoms with Gasteiger partial charge >= 0.3 is 0 Å². The molecule has 0 N–H and O–H groups in total. The van der Waals surface area contributed by atoms with Crippen LogP contribution in [-0.2, 0) is 0 Å². The van der Waals surface area contributed by atoms with E-state index in [4.69, 9.17) is 4.74 Å². The van der Waals surface area contributed by atoms with Crippen LogP contribution in [0.5, 0.6) is 5.75 Å². The van der Waals surface area contributed by atoms with Crippen LogP contribution in [0.1, 0.15) is 11.1 Å². The lowest BCUT2D eigenvalue weighted by Gasteiger charge is -2.06. The van der Waals surface area contributed by atoms with Crippen molar-refractivity contribution < 1.29 is 4.74 Å². The molecule has 1 aromatic rings. The molecular formula is C10H13O. The van der Waals surface area contributed by atoms with Gasteiger partial charge in [0.05, 0.1) is 6.61 Å². The summed E-state index contributed by atoms with van der Waals surface area (Å²) >= 11 is 0. The maximum atomic E-state index is 5.31. The highest BCUT2D eigenvalue weighted by Crippen LogP contribution is 2.18. The SMILES string of the molecule is [CH2]COc1cc(C)ccc1C. The summed E-state index contributed by atoms with van der Waals surface area (Å²) in [5.41, 5.74) is 2.39. The van der Waals surface area contributed by atoms with Crippen molar-refractivity contribution in [2.75, 3.05) is 6.61 Å². The van der Waals surface area contributed by atoms with E-state index in [-0.39, 0.29) is 0 Å². The molecule has 59 valence electrons. The topological polar surface area (TPSA) is 9.23 Å². The van der Waals surface area contributed by atoms with Gasteiger partial charge in [0.15, 0.2) is 0 Å². The van der Waals surface area contributed by atoms with Crippen molar-refractivity contribution in [2.24, 2.45) is 0 Å². The quantitative estimate of drug-likeness (QED) is 0.627. The summed E-state index contributed by atoms with van der Waals surface area (Å²) in [6.45, 7) is 8.20. The standard InChI is InChI=1S/C10H13O/c1-4-11-10-7-8(2)5-6-9(10)3/h5-7H,1,4H2,2-3H3. The van der Waals surface area contributed by atoms with Gasteiger partial charge in [-0.1, -0.05) is 12.1 Å². The Hall–Kier alpha value is -0.980. The number of hydrogen-bond donors (Lipinski definition) is 0. The molecule has 0 bridgehead atoms. The number of aryl methyl sites for hydroxylation is 2. The zero-order valence-electron chi connectivity index (χ0n) is 7.05. The normalized spacial score (nSPS) is 9.73. The molecule has 0 saturated carbocycles. The number of benzene rings is 1. The van der Waals surface area contributed by atoms with Gasteiger partial charge in [-0.2, -0.15) is 0 Å². The second kappa shape index (κ2) is 3.42. The van der Waals surface area contributed by atoms with Gasteiger partial charge in [0.1, 0.15) is 5.75 Å². The molecule has 1 radical (unpaired) electrons. The Morgan fingerprint density at radius 3 is 2.73 bits per heavy atom. The molecule has 1 rings (SSSR count). The lowest BCUT2D eigenvalue weighted by molar-refractivity contribution is 0.358. The molecule has 0 aromatic heterocycles. The maximum absolute atomic E-state index is 5.31. The summed E-state index contributed by atoms with van der Waals surface area (Å²) in [7, 11) is 0. The first-order chi connectivity index (χ1) is 5.24. The van der Waals surface area contributed by atoms with E-state index in [1.807, 2.05) is 13.0 Å². The first-order valence-corrected chi connectivity index (χ1v) is 3.73. The predicted octanol–water partition coefficient (Wildman–Crippen LogP) is 2.52. The van der Waals surface area contributed by atoms with Crippen LogP contribution in [0, 0.1) is 20.8 Å². The van der Waals surface area contributed by atoms with Gasteiger partial charge in [0.2, 0.25) is 0 Å². The summed E-state index contributed by atoms with van der Waals surface area (Å²) in [5, 5.41) is 0. The number of ether oxygens (including phenoxy) is 1. The summed E-state index contributed by atoms with van der Waals surface area (Å²) in [6, 6.07) is 6.16. The molecule has 0 unspecified atom stereocenters. The summed E-state index contributed by atoms with van der Waals surface area (Å²) < 4.78 is 5.31. The fraction of sp³-hybridized carbons (Fsp3) is 0.300. The van der Waals surface area contributed by atoms with Crippen LogP contribution in [0.15, 0.2) is 18.2 Å². The van der Waals surface area contributed by atoms with E-state index < -0.39 is 0 Å². The summed E-state index contributed by atoms with van der Waals surface area (Å²) in [6.07, 6.45) is 0. The number of rotatable bonds is 2. The average Bonchev–Trinajstić information content (AvgIpc) is 1.98. The third kappa shape index (κ3) is 1.97. The van der Waals surface area contributed by atoms with Gasteiger partial charge in [0, 0.05) is 0 Å². The van der Waals surface area contributed by atoms with Gasteiger partial charge in [-0.25, -0.2) is 0 Å². The minimum atomic E-state index is 0.490. The fourth-order valence-corrected chi connectivity index (χ4v) is 0.973. The molecule has 0 saturated heterocycles. The predicted molar refractivity (Wildman–Crippen MR) is 46.8 cm³/mol. The number of hydrogen-bond acceptors (Lipinski definition) is 1. The van der Waals surface area contributed by atoms with E-state index in [1.54, 1.807) is 0 Å². The zero-order chi connectivity index (χ0) is 8.27. The molecule has 1 aromatic carbocycles. The van der Waals surface area contributed by atoms with E-state index >= 15 is 0 Å². The molecule has 0 aliphatic heterocycles. The lowest BCUT2D eigenvalue weighted by atomic mass is 10.1. The molecule has 0 fully saturated rings. The van der Waals surface area contributed by atoms with Crippen molar-refractivity contribution >= 4 is 0 Å². The van der Waals surface area contributed by atoms with Crippen molar-refractivity contribution in [1.29, 1.82) is 0 Å². The van der Waals surface area contributed by atoms with Crippen LogP contribution < -0.4 is 4.74 Å². The monoisotopic (exact) mass is 149 g/mol. The molecule has 11 heavy (non-hydrogen) atoms. The second-order valence-electron chi connectivity index (χ2n) is 2.62. The van der Waals surface area contributed by atoms with E-state index in [1.165, 1.54) is 11.1 Å². The maximum Gasteiger partial charge on any atom is 0.122 e. The van der Waals surface area contributed by atoms with Crippen LogP contribution in [-0.4, -0.2) is 6.61 Å². The van der Waals surface area contributed by atoms with Crippen molar-refractivity contribution in [3.8, 4) is 5.75 Å². The highest BCUT2D eigenvalue weighted by atomic mass is 16.5. The average molecular weight is 149 g/mol. The minimum absolute atomic E-state index is 0.490. The highest BCUT2D eigenvalue weighted by Gasteiger charge is 1.96. The second-order valence-corrected chi connectivity index (χ2v) is 2.62. The van der Waals surface area contributed by atoms with Crippen LogP contribution in [0.3, 0.4) is 0 Å². The van der Waals surface area contributed by atoms with Gasteiger partial charge in [-0.15, -0.1) is 0 Å². The van der Waals surface area contributed by atoms with Gasteiger partial charge < -0.3 is 4.74 Å². The molecule has 0 amide bonds. The van der Waals surface area contributed by atoms with Crippen molar-refractivity contribution in [3.63, 3.8) is 0 Å². The summed E-state index contributed by atoms with van der Waals surface area (Å²) in [5.74, 6) is 0.944. The molecular weight excluding hydrogens is 136 g/mol. The van der Waals surface area contributed by atoms with Crippen LogP contribution in [0.4, 0.5) is 0 Å². The lowest BCUT2D eigenvalue weighted by Crippen LogP contribution is -1.94. The third-order valence-electron chi connectivity index (χ3n) is 1.60. The van der Waals surface area contributed by atoms with Crippen molar-refractivity contribution in [3.05, 3.63) is 36.2 Å². The highest BCUT2D eigenvalue weighted by molar-refractivity contribution is 5.35. The summed E-state index contributed by atoms with van der Waals surface area (Å²) in [4.78, 5) is 0. The smallest absolute Gasteiger partial charge is 0.122 e. The van der Waals surface area contributed by atoms with Gasteiger partial charge in [0.25, 0.3) is 0 Å². The van der Waals surface area contributed by atoms with Gasteiger partial charge in [-0.05, 0) is 38.0 Å². The zero-order valence-corrected chi connectivity index (χ0v) is 7.05. The molecule has 0 heterocycles. The van der Waals surface area contributed by atoms with E-state index in [9.17, 15) is 0 Å². The third-order valence-corrected chi connectivity index (χ3v) is 1.60. The van der Waals surface area contributed by atoms with Crippen LogP contribution in [0.25, 0.3) is 0 Å². The molecule has 0 spiro atoms. The Labute approximate surface area is 68.0 Å². The first kappa shape index (κ1) is 8.12. The van der Waals surface area contributed by atoms with Crippen molar-refractivity contribution in [1.82, 2.24) is 0 Å². The molecule has 0 atom stereocenters. The van der Waals surface area contributed by atoms with E-state index in [0.29, 0.717) is 6.61 Å². The Morgan fingerprint density at radius 2 is 2.09 bits per heavy atom. The first-order valence-electron chi connectivity index (χ1n) is 3.73. The molecule has 0 aliphatic rings. The molecule has 1 nitrogen and oxygen atoms in total. The Bertz CT molecular complexity index is 241. The van der Waals surface area contributed by atoms with Gasteiger partial charge in [-0.3, -0.25) is 0 Å². The van der Waals surface area contributed by atoms with Crippen molar-refractivity contribution in [2.45, 2.75) is 13.8 Å². The Balaban J connectivity index is 2.93. The van der Waals surface area contributed by atoms with Crippen LogP contribution in [0.2, 0.25) is 0 Å². The minimum Gasteiger partial charge on any atom is -0.493 e. The van der Waals surface area contributed by atoms with Crippen LogP contribution >= 0.6 is 0 Å². The molecule has 0 aliphatic carbocycles. The van der Waals surface area contributed by atoms with E-state index in [2.05, 4.69) is 26.0 Å². The fourth-order valence-electron chi connectivity index (χ4n) is 0.973. The molecule has 1 heteroatoms. The van der Waals surface area contributed by atoms with E-state index in [0.717, 1.165) is 5.75 Å².